The molecule has 122 valence electrons. The predicted octanol–water partition coefficient (Wildman–Crippen LogP) is 4.75. The van der Waals surface area contributed by atoms with Gasteiger partial charge in [-0.1, -0.05) is 35.3 Å². The standard InChI is InChI=1S/C18H20Cl2N2O/c1-13-2-5-18(22-6-8-23-9-7-22)17(10-13)21-12-14-3-4-15(19)11-16(14)20/h2-5,10-11,21H,6-9,12H2,1H3. The predicted molar refractivity (Wildman–Crippen MR) is 98.0 cm³/mol. The minimum absolute atomic E-state index is 0.656. The number of hydrogen-bond donors (Lipinski definition) is 1. The third-order valence-corrected chi connectivity index (χ3v) is 4.58. The zero-order valence-electron chi connectivity index (χ0n) is 13.1. The number of rotatable bonds is 4. The lowest BCUT2D eigenvalue weighted by atomic mass is 10.1. The lowest BCUT2D eigenvalue weighted by Gasteiger charge is -2.31. The third kappa shape index (κ3) is 4.11. The van der Waals surface area contributed by atoms with Gasteiger partial charge in [0.1, 0.15) is 0 Å². The number of nitrogens with zero attached hydrogens (tertiary/aromatic N) is 1. The molecule has 2 aromatic carbocycles. The highest BCUT2D eigenvalue weighted by atomic mass is 35.5. The number of ether oxygens (including phenoxy) is 1. The smallest absolute Gasteiger partial charge is 0.0642 e. The zero-order chi connectivity index (χ0) is 16.2. The number of nitrogens with one attached hydrogen (secondary N) is 1. The van der Waals surface area contributed by atoms with E-state index in [9.17, 15) is 0 Å². The van der Waals surface area contributed by atoms with Gasteiger partial charge < -0.3 is 15.0 Å². The molecule has 0 atom stereocenters. The van der Waals surface area contributed by atoms with E-state index in [1.165, 1.54) is 11.3 Å². The van der Waals surface area contributed by atoms with Crippen LogP contribution in [0.4, 0.5) is 11.4 Å². The summed E-state index contributed by atoms with van der Waals surface area (Å²) in [6.07, 6.45) is 0. The molecule has 1 aliphatic rings. The normalized spacial score (nSPS) is 14.8. The van der Waals surface area contributed by atoms with E-state index in [0.717, 1.165) is 37.6 Å². The Bertz CT molecular complexity index is 685. The van der Waals surface area contributed by atoms with Crippen molar-refractivity contribution >= 4 is 34.6 Å². The number of benzene rings is 2. The first-order valence-corrected chi connectivity index (χ1v) is 8.50. The van der Waals surface area contributed by atoms with Crippen LogP contribution in [-0.2, 0) is 11.3 Å². The number of halogens is 2. The molecular weight excluding hydrogens is 331 g/mol. The van der Waals surface area contributed by atoms with E-state index in [0.29, 0.717) is 16.6 Å². The Hall–Kier alpha value is -1.42. The Morgan fingerprint density at radius 2 is 1.87 bits per heavy atom. The van der Waals surface area contributed by atoms with Crippen LogP contribution in [0, 0.1) is 6.92 Å². The van der Waals surface area contributed by atoms with Crippen LogP contribution in [0.5, 0.6) is 0 Å². The van der Waals surface area contributed by atoms with Crippen LogP contribution in [0.2, 0.25) is 10.0 Å². The molecule has 1 aliphatic heterocycles. The molecule has 0 spiro atoms. The average molecular weight is 351 g/mol. The molecule has 1 fully saturated rings. The van der Waals surface area contributed by atoms with Crippen molar-refractivity contribution in [2.24, 2.45) is 0 Å². The van der Waals surface area contributed by atoms with Crippen molar-refractivity contribution in [1.82, 2.24) is 0 Å². The lowest BCUT2D eigenvalue weighted by molar-refractivity contribution is 0.123. The van der Waals surface area contributed by atoms with Crippen LogP contribution in [-0.4, -0.2) is 26.3 Å². The fraction of sp³-hybridized carbons (Fsp3) is 0.333. The second-order valence-electron chi connectivity index (χ2n) is 5.71. The van der Waals surface area contributed by atoms with Crippen molar-refractivity contribution in [3.05, 3.63) is 57.6 Å². The SMILES string of the molecule is Cc1ccc(N2CCOCC2)c(NCc2ccc(Cl)cc2Cl)c1. The molecule has 2 aromatic rings. The first kappa shape index (κ1) is 16.4. The van der Waals surface area contributed by atoms with Crippen LogP contribution in [0.1, 0.15) is 11.1 Å². The van der Waals surface area contributed by atoms with E-state index in [4.69, 9.17) is 27.9 Å². The summed E-state index contributed by atoms with van der Waals surface area (Å²) in [5.41, 5.74) is 4.60. The summed E-state index contributed by atoms with van der Waals surface area (Å²) in [5, 5.41) is 4.86. The summed E-state index contributed by atoms with van der Waals surface area (Å²) in [6, 6.07) is 12.1. The molecule has 0 bridgehead atoms. The molecular formula is C18H20Cl2N2O. The number of morpholine rings is 1. The largest absolute Gasteiger partial charge is 0.379 e. The van der Waals surface area contributed by atoms with Gasteiger partial charge in [-0.3, -0.25) is 0 Å². The van der Waals surface area contributed by atoms with Gasteiger partial charge >= 0.3 is 0 Å². The van der Waals surface area contributed by atoms with Crippen molar-refractivity contribution < 1.29 is 4.74 Å². The van der Waals surface area contributed by atoms with Gasteiger partial charge in [0, 0.05) is 29.7 Å². The molecule has 5 heteroatoms. The molecule has 3 nitrogen and oxygen atoms in total. The Labute approximate surface area is 147 Å². The summed E-state index contributed by atoms with van der Waals surface area (Å²) >= 11 is 12.2. The Kier molecular flexibility index (Phi) is 5.31. The summed E-state index contributed by atoms with van der Waals surface area (Å²) in [5.74, 6) is 0. The molecule has 1 heterocycles. The van der Waals surface area contributed by atoms with Crippen LogP contribution in [0.3, 0.4) is 0 Å². The van der Waals surface area contributed by atoms with Crippen molar-refractivity contribution in [1.29, 1.82) is 0 Å². The summed E-state index contributed by atoms with van der Waals surface area (Å²) < 4.78 is 5.45. The van der Waals surface area contributed by atoms with E-state index in [1.807, 2.05) is 12.1 Å². The fourth-order valence-corrected chi connectivity index (χ4v) is 3.20. The maximum absolute atomic E-state index is 6.26. The number of anilines is 2. The molecule has 0 aliphatic carbocycles. The van der Waals surface area contributed by atoms with Crippen molar-refractivity contribution in [2.45, 2.75) is 13.5 Å². The van der Waals surface area contributed by atoms with Gasteiger partial charge in [0.05, 0.1) is 24.6 Å². The minimum Gasteiger partial charge on any atom is -0.379 e. The molecule has 0 amide bonds. The van der Waals surface area contributed by atoms with Crippen LogP contribution in [0.15, 0.2) is 36.4 Å². The van der Waals surface area contributed by atoms with Crippen LogP contribution < -0.4 is 10.2 Å². The van der Waals surface area contributed by atoms with E-state index >= 15 is 0 Å². The molecule has 0 unspecified atom stereocenters. The van der Waals surface area contributed by atoms with Crippen LogP contribution >= 0.6 is 23.2 Å². The first-order chi connectivity index (χ1) is 11.1. The van der Waals surface area contributed by atoms with Crippen molar-refractivity contribution in [3.63, 3.8) is 0 Å². The first-order valence-electron chi connectivity index (χ1n) is 7.74. The average Bonchev–Trinajstić information content (AvgIpc) is 2.55. The minimum atomic E-state index is 0.656. The van der Waals surface area contributed by atoms with Gasteiger partial charge in [0.2, 0.25) is 0 Å². The number of hydrogen-bond acceptors (Lipinski definition) is 3. The highest BCUT2D eigenvalue weighted by molar-refractivity contribution is 6.35. The van der Waals surface area contributed by atoms with Crippen LogP contribution in [0.25, 0.3) is 0 Å². The fourth-order valence-electron chi connectivity index (χ4n) is 2.73. The monoisotopic (exact) mass is 350 g/mol. The van der Waals surface area contributed by atoms with E-state index in [-0.39, 0.29) is 0 Å². The highest BCUT2D eigenvalue weighted by Crippen LogP contribution is 2.29. The number of aryl methyl sites for hydroxylation is 1. The van der Waals surface area contributed by atoms with Gasteiger partial charge in [0.15, 0.2) is 0 Å². The van der Waals surface area contributed by atoms with Gasteiger partial charge in [-0.25, -0.2) is 0 Å². The summed E-state index contributed by atoms with van der Waals surface area (Å²) in [7, 11) is 0. The van der Waals surface area contributed by atoms with E-state index in [1.54, 1.807) is 6.07 Å². The molecule has 0 radical (unpaired) electrons. The zero-order valence-corrected chi connectivity index (χ0v) is 14.6. The quantitative estimate of drug-likeness (QED) is 0.860. The summed E-state index contributed by atoms with van der Waals surface area (Å²) in [4.78, 5) is 2.36. The molecule has 1 N–H and O–H groups in total. The topological polar surface area (TPSA) is 24.5 Å². The summed E-state index contributed by atoms with van der Waals surface area (Å²) in [6.45, 7) is 6.14. The molecule has 0 aromatic heterocycles. The maximum atomic E-state index is 6.26. The van der Waals surface area contributed by atoms with Crippen molar-refractivity contribution in [2.75, 3.05) is 36.5 Å². The lowest BCUT2D eigenvalue weighted by Crippen LogP contribution is -2.36. The molecule has 23 heavy (non-hydrogen) atoms. The third-order valence-electron chi connectivity index (χ3n) is 3.99. The van der Waals surface area contributed by atoms with Gasteiger partial charge in [0.25, 0.3) is 0 Å². The molecule has 1 saturated heterocycles. The second-order valence-corrected chi connectivity index (χ2v) is 6.55. The van der Waals surface area contributed by atoms with E-state index in [2.05, 4.69) is 35.3 Å². The highest BCUT2D eigenvalue weighted by Gasteiger charge is 2.15. The second kappa shape index (κ2) is 7.43. The van der Waals surface area contributed by atoms with Gasteiger partial charge in [-0.2, -0.15) is 0 Å². The van der Waals surface area contributed by atoms with Gasteiger partial charge in [-0.15, -0.1) is 0 Å². The Morgan fingerprint density at radius 1 is 1.09 bits per heavy atom. The Morgan fingerprint density at radius 3 is 2.61 bits per heavy atom. The van der Waals surface area contributed by atoms with Crippen molar-refractivity contribution in [3.8, 4) is 0 Å². The van der Waals surface area contributed by atoms with Gasteiger partial charge in [-0.05, 0) is 42.3 Å². The van der Waals surface area contributed by atoms with E-state index < -0.39 is 0 Å². The maximum Gasteiger partial charge on any atom is 0.0642 e. The molecule has 3 rings (SSSR count). The molecule has 0 saturated carbocycles. The Balaban J connectivity index is 1.79.